The van der Waals surface area contributed by atoms with Gasteiger partial charge >= 0.3 is 6.03 Å². The van der Waals surface area contributed by atoms with Crippen LogP contribution in [0.15, 0.2) is 54.4 Å². The largest absolute Gasteiger partial charge is 0.497 e. The number of carbonyl (C=O) groups excluding carboxylic acids is 1. The minimum atomic E-state index is -0.845. The lowest BCUT2D eigenvalue weighted by atomic mass is 9.81. The van der Waals surface area contributed by atoms with Gasteiger partial charge in [0.15, 0.2) is 0 Å². The van der Waals surface area contributed by atoms with Gasteiger partial charge in [0.1, 0.15) is 23.5 Å². The molecule has 2 atom stereocenters. The van der Waals surface area contributed by atoms with Crippen LogP contribution in [-0.4, -0.2) is 75.0 Å². The van der Waals surface area contributed by atoms with Gasteiger partial charge in [-0.3, -0.25) is 9.80 Å². The molecule has 6 rings (SSSR count). The third-order valence-corrected chi connectivity index (χ3v) is 9.28. The second kappa shape index (κ2) is 10.7. The second-order valence-electron chi connectivity index (χ2n) is 11.4. The molecule has 2 saturated heterocycles. The Morgan fingerprint density at radius 1 is 1.14 bits per heavy atom. The van der Waals surface area contributed by atoms with Crippen LogP contribution in [0.5, 0.6) is 11.5 Å². The Morgan fingerprint density at radius 2 is 1.86 bits per heavy atom. The molecular formula is C32H38FN5O4. The van der Waals surface area contributed by atoms with E-state index in [1.807, 2.05) is 35.8 Å². The number of fused-ring (bicyclic) bond motifs is 3. The Hall–Kier alpha value is -3.89. The van der Waals surface area contributed by atoms with Crippen LogP contribution in [0.1, 0.15) is 61.2 Å². The molecule has 0 bridgehead atoms. The van der Waals surface area contributed by atoms with E-state index in [0.29, 0.717) is 50.3 Å². The number of aliphatic hydroxyl groups excluding tert-OH is 1. The van der Waals surface area contributed by atoms with E-state index in [1.54, 1.807) is 37.2 Å². The van der Waals surface area contributed by atoms with Crippen LogP contribution in [0.3, 0.4) is 0 Å². The van der Waals surface area contributed by atoms with Crippen molar-refractivity contribution in [3.05, 3.63) is 82.6 Å². The number of amides is 2. The SMILES string of the molecule is CCN1C(=O)N2Cc3cc(OC)cc(OC)c3C(C)C=C2C12CCN(C(O)c1cnn(-c3ccc(F)cc3)c1C)CC2. The zero-order valence-corrected chi connectivity index (χ0v) is 24.8. The average molecular weight is 576 g/mol. The summed E-state index contributed by atoms with van der Waals surface area (Å²) in [6, 6.07) is 10.1. The summed E-state index contributed by atoms with van der Waals surface area (Å²) in [6.45, 7) is 8.35. The third kappa shape index (κ3) is 4.35. The molecule has 222 valence electrons. The summed E-state index contributed by atoms with van der Waals surface area (Å²) in [5, 5.41) is 15.9. The standard InChI is InChI=1S/C32H38FN5O4/c1-6-37-31(40)36-19-22-16-25(41-4)17-27(42-5)29(22)20(2)15-28(36)32(37)11-13-35(14-12-32)30(39)26-18-34-38(21(26)3)24-9-7-23(33)8-10-24/h7-10,15-18,20,30,39H,6,11-14,19H2,1-5H3. The molecule has 10 heteroatoms. The molecular weight excluding hydrogens is 537 g/mol. The van der Waals surface area contributed by atoms with Crippen LogP contribution in [0.2, 0.25) is 0 Å². The number of ether oxygens (including phenoxy) is 2. The Kier molecular flexibility index (Phi) is 7.22. The van der Waals surface area contributed by atoms with Gasteiger partial charge in [0.25, 0.3) is 0 Å². The molecule has 1 aromatic heterocycles. The molecule has 0 aliphatic carbocycles. The first-order valence-electron chi connectivity index (χ1n) is 14.5. The summed E-state index contributed by atoms with van der Waals surface area (Å²) in [6.07, 6.45) is 4.46. The minimum Gasteiger partial charge on any atom is -0.497 e. The third-order valence-electron chi connectivity index (χ3n) is 9.28. The summed E-state index contributed by atoms with van der Waals surface area (Å²) in [5.41, 5.74) is 4.93. The molecule has 9 nitrogen and oxygen atoms in total. The number of carbonyl (C=O) groups is 1. The van der Waals surface area contributed by atoms with Crippen molar-refractivity contribution in [1.29, 1.82) is 0 Å². The van der Waals surface area contributed by atoms with Gasteiger partial charge in [-0.1, -0.05) is 13.0 Å². The molecule has 0 radical (unpaired) electrons. The first kappa shape index (κ1) is 28.2. The van der Waals surface area contributed by atoms with Gasteiger partial charge in [-0.25, -0.2) is 13.9 Å². The number of nitrogens with zero attached hydrogens (tertiary/aromatic N) is 5. The number of methoxy groups -OCH3 is 2. The van der Waals surface area contributed by atoms with E-state index in [9.17, 15) is 14.3 Å². The molecule has 2 unspecified atom stereocenters. The lowest BCUT2D eigenvalue weighted by molar-refractivity contribution is -0.0334. The molecule has 42 heavy (non-hydrogen) atoms. The predicted molar refractivity (Wildman–Crippen MR) is 156 cm³/mol. The Bertz CT molecular complexity index is 1530. The molecule has 1 N–H and O–H groups in total. The molecule has 3 aromatic rings. The first-order chi connectivity index (χ1) is 20.2. The maximum atomic E-state index is 13.9. The van der Waals surface area contributed by atoms with Crippen LogP contribution in [-0.2, 0) is 6.54 Å². The lowest BCUT2D eigenvalue weighted by Gasteiger charge is -2.45. The average Bonchev–Trinajstić information content (AvgIpc) is 3.41. The van der Waals surface area contributed by atoms with Crippen molar-refractivity contribution < 1.29 is 23.8 Å². The highest BCUT2D eigenvalue weighted by Gasteiger charge is 2.55. The number of halogens is 1. The van der Waals surface area contributed by atoms with Gasteiger partial charge in [0.2, 0.25) is 0 Å². The zero-order chi connectivity index (χ0) is 29.8. The van der Waals surface area contributed by atoms with Gasteiger partial charge in [-0.15, -0.1) is 0 Å². The van der Waals surface area contributed by atoms with Gasteiger partial charge in [-0.2, -0.15) is 5.10 Å². The Labute approximate surface area is 245 Å². The topological polar surface area (TPSA) is 83.3 Å². The van der Waals surface area contributed by atoms with Crippen molar-refractivity contribution in [2.75, 3.05) is 33.9 Å². The van der Waals surface area contributed by atoms with Crippen molar-refractivity contribution in [1.82, 2.24) is 24.5 Å². The number of aliphatic hydroxyl groups is 1. The normalized spacial score (nSPS) is 20.7. The molecule has 3 aliphatic rings. The van der Waals surface area contributed by atoms with Crippen LogP contribution >= 0.6 is 0 Å². The number of piperidine rings is 1. The van der Waals surface area contributed by atoms with Crippen LogP contribution in [0, 0.1) is 12.7 Å². The fourth-order valence-corrected chi connectivity index (χ4v) is 7.12. The highest BCUT2D eigenvalue weighted by Crippen LogP contribution is 2.49. The second-order valence-corrected chi connectivity index (χ2v) is 11.4. The Morgan fingerprint density at radius 3 is 2.50 bits per heavy atom. The number of likely N-dealkylation sites (tertiary alicyclic amines) is 1. The number of benzene rings is 2. The number of aromatic nitrogens is 2. The Balaban J connectivity index is 1.28. The molecule has 3 aliphatic heterocycles. The predicted octanol–water partition coefficient (Wildman–Crippen LogP) is 5.12. The number of urea groups is 1. The molecule has 2 amide bonds. The highest BCUT2D eigenvalue weighted by molar-refractivity contribution is 5.83. The van der Waals surface area contributed by atoms with E-state index in [0.717, 1.165) is 34.0 Å². The lowest BCUT2D eigenvalue weighted by Crippen LogP contribution is -2.54. The number of likely N-dealkylation sites (N-methyl/N-ethyl adjacent to an activating group) is 1. The summed E-state index contributed by atoms with van der Waals surface area (Å²) in [7, 11) is 3.30. The van der Waals surface area contributed by atoms with Gasteiger partial charge in [0, 0.05) is 54.1 Å². The van der Waals surface area contributed by atoms with E-state index >= 15 is 0 Å². The van der Waals surface area contributed by atoms with Crippen LogP contribution < -0.4 is 9.47 Å². The fourth-order valence-electron chi connectivity index (χ4n) is 7.12. The zero-order valence-electron chi connectivity index (χ0n) is 24.8. The maximum absolute atomic E-state index is 13.9. The fraction of sp³-hybridized carbons (Fsp3) is 0.438. The summed E-state index contributed by atoms with van der Waals surface area (Å²) in [4.78, 5) is 19.9. The van der Waals surface area contributed by atoms with Crippen molar-refractivity contribution in [3.8, 4) is 17.2 Å². The monoisotopic (exact) mass is 575 g/mol. The number of allylic oxidation sites excluding steroid dienone is 1. The van der Waals surface area contributed by atoms with Gasteiger partial charge < -0.3 is 19.5 Å². The van der Waals surface area contributed by atoms with E-state index in [4.69, 9.17) is 9.47 Å². The molecule has 1 spiro atoms. The van der Waals surface area contributed by atoms with E-state index < -0.39 is 11.8 Å². The number of rotatable bonds is 6. The number of hydrogen-bond donors (Lipinski definition) is 1. The molecule has 2 aromatic carbocycles. The first-order valence-corrected chi connectivity index (χ1v) is 14.5. The molecule has 4 heterocycles. The molecule has 0 saturated carbocycles. The van der Waals surface area contributed by atoms with Gasteiger partial charge in [0.05, 0.1) is 38.2 Å². The summed E-state index contributed by atoms with van der Waals surface area (Å²) >= 11 is 0. The minimum absolute atomic E-state index is 0.0102. The number of hydrogen-bond acceptors (Lipinski definition) is 6. The van der Waals surface area contributed by atoms with Gasteiger partial charge in [-0.05, 0) is 62.6 Å². The molecule has 2 fully saturated rings. The summed E-state index contributed by atoms with van der Waals surface area (Å²) in [5.74, 6) is 1.19. The maximum Gasteiger partial charge on any atom is 0.325 e. The van der Waals surface area contributed by atoms with Crippen molar-refractivity contribution in [3.63, 3.8) is 0 Å². The van der Waals surface area contributed by atoms with Crippen molar-refractivity contribution >= 4 is 6.03 Å². The quantitative estimate of drug-likeness (QED) is 0.439. The van der Waals surface area contributed by atoms with E-state index in [2.05, 4.69) is 23.0 Å². The summed E-state index contributed by atoms with van der Waals surface area (Å²) < 4.78 is 26.5. The van der Waals surface area contributed by atoms with Crippen LogP contribution in [0.4, 0.5) is 9.18 Å². The van der Waals surface area contributed by atoms with E-state index in [-0.39, 0.29) is 17.8 Å². The van der Waals surface area contributed by atoms with E-state index in [1.165, 1.54) is 12.1 Å². The van der Waals surface area contributed by atoms with Crippen molar-refractivity contribution in [2.45, 2.75) is 57.8 Å². The smallest absolute Gasteiger partial charge is 0.325 e. The van der Waals surface area contributed by atoms with Crippen LogP contribution in [0.25, 0.3) is 5.69 Å². The van der Waals surface area contributed by atoms with Crippen molar-refractivity contribution in [2.24, 2.45) is 0 Å². The highest BCUT2D eigenvalue weighted by atomic mass is 19.1.